The van der Waals surface area contributed by atoms with Crippen LogP contribution in [0.3, 0.4) is 0 Å². The van der Waals surface area contributed by atoms with E-state index in [2.05, 4.69) is 170 Å². The van der Waals surface area contributed by atoms with Crippen molar-refractivity contribution < 1.29 is 5.48 Å². The van der Waals surface area contributed by atoms with E-state index in [0.717, 1.165) is 66.2 Å². The maximum atomic E-state index is 9.88. The maximum absolute atomic E-state index is 9.88. The number of rotatable bonds is 7. The summed E-state index contributed by atoms with van der Waals surface area (Å²) < 4.78 is 39.1. The first-order valence-corrected chi connectivity index (χ1v) is 21.2. The molecule has 0 N–H and O–H groups in total. The number of hydrogen-bond donors (Lipinski definition) is 0. The van der Waals surface area contributed by atoms with Crippen LogP contribution in [0, 0.1) is 0 Å². The summed E-state index contributed by atoms with van der Waals surface area (Å²) in [7, 11) is 0. The molecule has 1 aliphatic rings. The van der Waals surface area contributed by atoms with Gasteiger partial charge in [-0.05, 0) is 130 Å². The van der Waals surface area contributed by atoms with Crippen LogP contribution < -0.4 is 4.90 Å². The van der Waals surface area contributed by atoms with E-state index in [1.165, 1.54) is 16.3 Å². The Kier molecular flexibility index (Phi) is 7.51. The van der Waals surface area contributed by atoms with Gasteiger partial charge in [-0.15, -0.1) is 0 Å². The van der Waals surface area contributed by atoms with Crippen molar-refractivity contribution in [3.05, 3.63) is 271 Å². The molecule has 0 aliphatic heterocycles. The van der Waals surface area contributed by atoms with Gasteiger partial charge in [0.1, 0.15) is 0 Å². The monoisotopic (exact) mass is 791 g/mol. The van der Waals surface area contributed by atoms with E-state index in [1.807, 2.05) is 59.5 Å². The summed E-state index contributed by atoms with van der Waals surface area (Å²) in [5.41, 5.74) is 10.8. The zero-order chi connectivity index (χ0) is 44.5. The predicted molar refractivity (Wildman–Crippen MR) is 262 cm³/mol. The zero-order valence-corrected chi connectivity index (χ0v) is 33.8. The first kappa shape index (κ1) is 31.9. The molecule has 0 radical (unpaired) electrons. The fraction of sp³-hybridized carbons (Fsp3) is 0.0164. The highest BCUT2D eigenvalue weighted by atomic mass is 15.1. The van der Waals surface area contributed by atoms with Crippen molar-refractivity contribution in [2.24, 2.45) is 0 Å². The molecule has 0 saturated heterocycles. The van der Waals surface area contributed by atoms with Crippen molar-refractivity contribution in [1.29, 1.82) is 0 Å². The first-order valence-electron chi connectivity index (χ1n) is 23.2. The van der Waals surface area contributed by atoms with Gasteiger partial charge in [0.05, 0.1) is 10.9 Å². The molecule has 0 heterocycles. The molecule has 1 heteroatoms. The number of hydrogen-bond acceptors (Lipinski definition) is 1. The Morgan fingerprint density at radius 2 is 0.855 bits per heavy atom. The minimum absolute atomic E-state index is 0.0944. The first-order chi connectivity index (χ1) is 32.4. The predicted octanol–water partition coefficient (Wildman–Crippen LogP) is 16.3. The fourth-order valence-electron chi connectivity index (χ4n) is 10.1. The van der Waals surface area contributed by atoms with Gasteiger partial charge in [-0.1, -0.05) is 206 Å². The van der Waals surface area contributed by atoms with Gasteiger partial charge in [-0.25, -0.2) is 0 Å². The number of nitrogens with zero attached hydrogens (tertiary/aromatic N) is 1. The van der Waals surface area contributed by atoms with Gasteiger partial charge >= 0.3 is 0 Å². The topological polar surface area (TPSA) is 3.24 Å². The molecule has 290 valence electrons. The number of fused-ring (bicyclic) bond motifs is 7. The summed E-state index contributed by atoms with van der Waals surface area (Å²) in [6.07, 6.45) is 0. The largest absolute Gasteiger partial charge is 0.310 e. The molecule has 0 aromatic heterocycles. The quantitative estimate of drug-likeness (QED) is 0.145. The van der Waals surface area contributed by atoms with Crippen LogP contribution in [0.4, 0.5) is 17.1 Å². The van der Waals surface area contributed by atoms with Crippen molar-refractivity contribution in [3.63, 3.8) is 0 Å². The van der Waals surface area contributed by atoms with Crippen LogP contribution >= 0.6 is 0 Å². The van der Waals surface area contributed by atoms with Crippen LogP contribution in [0.5, 0.6) is 0 Å². The zero-order valence-electron chi connectivity index (χ0n) is 37.8. The minimum Gasteiger partial charge on any atom is -0.310 e. The molecule has 62 heavy (non-hydrogen) atoms. The molecule has 1 nitrogen and oxygen atoms in total. The SMILES string of the molecule is [2H]c1c([2H])c(N(c2ccc(-c3cc4ccccc4c4ccccc34)cc2)c2ccc3c(c2)C(c2ccccc2)(c2ccccc2)c2ccccc2-3)c([2H])c([2H])c1-c1cccc2ccccc12. The van der Waals surface area contributed by atoms with E-state index >= 15 is 0 Å². The lowest BCUT2D eigenvalue weighted by Crippen LogP contribution is -2.28. The Morgan fingerprint density at radius 3 is 1.60 bits per heavy atom. The lowest BCUT2D eigenvalue weighted by Gasteiger charge is -2.35. The molecule has 0 fully saturated rings. The average molecular weight is 792 g/mol. The van der Waals surface area contributed by atoms with Gasteiger partial charge in [0.15, 0.2) is 0 Å². The second kappa shape index (κ2) is 14.6. The van der Waals surface area contributed by atoms with Gasteiger partial charge < -0.3 is 4.90 Å². The third kappa shape index (κ3) is 5.63. The van der Waals surface area contributed by atoms with Crippen LogP contribution in [0.15, 0.2) is 249 Å². The fourth-order valence-corrected chi connectivity index (χ4v) is 10.1. The molecule has 11 aromatic carbocycles. The van der Waals surface area contributed by atoms with Crippen molar-refractivity contribution in [2.75, 3.05) is 4.90 Å². The minimum atomic E-state index is -0.690. The molecular weight excluding hydrogens is 747 g/mol. The highest BCUT2D eigenvalue weighted by Gasteiger charge is 2.46. The smallest absolute Gasteiger partial charge is 0.0714 e. The van der Waals surface area contributed by atoms with E-state index in [4.69, 9.17) is 0 Å². The summed E-state index contributed by atoms with van der Waals surface area (Å²) in [6, 6.07) is 77.2. The summed E-state index contributed by atoms with van der Waals surface area (Å²) in [4.78, 5) is 1.93. The van der Waals surface area contributed by atoms with Crippen LogP contribution in [-0.4, -0.2) is 0 Å². The summed E-state index contributed by atoms with van der Waals surface area (Å²) in [6.45, 7) is 0. The average Bonchev–Trinajstić information content (AvgIpc) is 3.68. The molecule has 0 spiro atoms. The number of benzene rings is 11. The summed E-state index contributed by atoms with van der Waals surface area (Å²) >= 11 is 0. The van der Waals surface area contributed by atoms with Gasteiger partial charge in [-0.3, -0.25) is 0 Å². The van der Waals surface area contributed by atoms with E-state index in [0.29, 0.717) is 11.3 Å². The molecule has 0 unspecified atom stereocenters. The van der Waals surface area contributed by atoms with E-state index in [1.54, 1.807) is 0 Å². The molecule has 0 atom stereocenters. The van der Waals surface area contributed by atoms with E-state index < -0.39 is 5.41 Å². The molecular formula is C61H41N. The van der Waals surface area contributed by atoms with Crippen molar-refractivity contribution >= 4 is 49.4 Å². The molecule has 0 saturated carbocycles. The molecule has 12 rings (SSSR count). The Labute approximate surface area is 368 Å². The standard InChI is InChI=1S/C61H41N/c1-3-19-46(20-4-1)61(47-21-5-2-6-22-47)59-29-14-13-27-56(59)57-39-38-50(41-60(57)61)62(48-34-30-43(31-35-48)52-28-15-18-42-16-7-9-23-51(42)52)49-36-32-44(33-37-49)58-40-45-17-8-10-24-53(45)54-25-11-12-26-55(54)58/h1-41H/i30D,31D,34D,35D. The van der Waals surface area contributed by atoms with Crippen LogP contribution in [0.2, 0.25) is 0 Å². The third-order valence-corrected chi connectivity index (χ3v) is 12.8. The normalized spacial score (nSPS) is 13.5. The van der Waals surface area contributed by atoms with Gasteiger partial charge in [0.25, 0.3) is 0 Å². The molecule has 0 amide bonds. The maximum Gasteiger partial charge on any atom is 0.0714 e. The van der Waals surface area contributed by atoms with E-state index in [9.17, 15) is 5.48 Å². The second-order valence-electron chi connectivity index (χ2n) is 16.1. The van der Waals surface area contributed by atoms with E-state index in [-0.39, 0.29) is 35.4 Å². The molecule has 11 aromatic rings. The Hall–Kier alpha value is -8.00. The summed E-state index contributed by atoms with van der Waals surface area (Å²) in [5, 5.41) is 6.54. The van der Waals surface area contributed by atoms with Gasteiger partial charge in [0.2, 0.25) is 0 Å². The Balaban J connectivity index is 1.11. The number of anilines is 3. The van der Waals surface area contributed by atoms with Crippen molar-refractivity contribution in [1.82, 2.24) is 0 Å². The summed E-state index contributed by atoms with van der Waals surface area (Å²) in [5.74, 6) is 0. The lowest BCUT2D eigenvalue weighted by atomic mass is 9.67. The lowest BCUT2D eigenvalue weighted by molar-refractivity contribution is 0.768. The Bertz CT molecular complexity index is 3620. The van der Waals surface area contributed by atoms with Crippen LogP contribution in [-0.2, 0) is 5.41 Å². The van der Waals surface area contributed by atoms with Crippen molar-refractivity contribution in [2.45, 2.75) is 5.41 Å². The second-order valence-corrected chi connectivity index (χ2v) is 16.1. The van der Waals surface area contributed by atoms with Crippen molar-refractivity contribution in [3.8, 4) is 33.4 Å². The molecule has 1 aliphatic carbocycles. The third-order valence-electron chi connectivity index (χ3n) is 12.8. The van der Waals surface area contributed by atoms with Crippen LogP contribution in [0.1, 0.15) is 27.7 Å². The highest BCUT2D eigenvalue weighted by Crippen LogP contribution is 2.57. The van der Waals surface area contributed by atoms with Gasteiger partial charge in [-0.2, -0.15) is 0 Å². The molecule has 0 bridgehead atoms. The Morgan fingerprint density at radius 1 is 0.306 bits per heavy atom. The van der Waals surface area contributed by atoms with Crippen LogP contribution in [0.25, 0.3) is 65.7 Å². The highest BCUT2D eigenvalue weighted by molar-refractivity contribution is 6.13. The van der Waals surface area contributed by atoms with Gasteiger partial charge in [0, 0.05) is 17.1 Å².